The average molecular weight is 402 g/mol. The SMILES string of the molecule is CNC(=O)O[C@](C)(CO)CO[Si](c1ccccc1)(c1ccccc1)C(C)(C)C. The summed E-state index contributed by atoms with van der Waals surface area (Å²) in [7, 11) is -1.27. The molecule has 0 heterocycles. The van der Waals surface area contributed by atoms with E-state index in [1.807, 2.05) is 36.4 Å². The molecule has 0 aliphatic carbocycles. The monoisotopic (exact) mass is 401 g/mol. The molecule has 0 aromatic heterocycles. The van der Waals surface area contributed by atoms with E-state index in [9.17, 15) is 9.90 Å². The van der Waals surface area contributed by atoms with Crippen LogP contribution in [0, 0.1) is 0 Å². The molecule has 0 fully saturated rings. The summed E-state index contributed by atoms with van der Waals surface area (Å²) in [6.45, 7) is 7.96. The highest BCUT2D eigenvalue weighted by molar-refractivity contribution is 6.99. The molecule has 0 saturated heterocycles. The quantitative estimate of drug-likeness (QED) is 0.700. The zero-order chi connectivity index (χ0) is 20.8. The van der Waals surface area contributed by atoms with Crippen LogP contribution >= 0.6 is 0 Å². The number of amides is 1. The number of rotatable bonds is 7. The fraction of sp³-hybridized carbons (Fsp3) is 0.409. The first kappa shape index (κ1) is 22.1. The molecule has 2 aromatic carbocycles. The zero-order valence-electron chi connectivity index (χ0n) is 17.4. The van der Waals surface area contributed by atoms with Crippen LogP contribution in [0.4, 0.5) is 4.79 Å². The van der Waals surface area contributed by atoms with Crippen LogP contribution in [0.25, 0.3) is 0 Å². The van der Waals surface area contributed by atoms with Crippen molar-refractivity contribution in [2.45, 2.75) is 38.3 Å². The molecule has 152 valence electrons. The van der Waals surface area contributed by atoms with E-state index in [0.717, 1.165) is 10.4 Å². The van der Waals surface area contributed by atoms with Gasteiger partial charge in [0.15, 0.2) is 5.60 Å². The van der Waals surface area contributed by atoms with Gasteiger partial charge in [0.25, 0.3) is 8.32 Å². The van der Waals surface area contributed by atoms with Crippen molar-refractivity contribution < 1.29 is 19.1 Å². The smallest absolute Gasteiger partial charge is 0.407 e. The van der Waals surface area contributed by atoms with Crippen molar-refractivity contribution in [3.8, 4) is 0 Å². The van der Waals surface area contributed by atoms with Crippen molar-refractivity contribution in [2.75, 3.05) is 20.3 Å². The lowest BCUT2D eigenvalue weighted by atomic mass is 10.1. The molecule has 0 unspecified atom stereocenters. The van der Waals surface area contributed by atoms with E-state index in [2.05, 4.69) is 50.4 Å². The lowest BCUT2D eigenvalue weighted by Crippen LogP contribution is -2.67. The molecule has 1 amide bonds. The van der Waals surface area contributed by atoms with Gasteiger partial charge in [0.1, 0.15) is 0 Å². The molecule has 0 aliphatic heterocycles. The Morgan fingerprint density at radius 2 is 1.43 bits per heavy atom. The van der Waals surface area contributed by atoms with Gasteiger partial charge in [-0.25, -0.2) is 4.79 Å². The summed E-state index contributed by atoms with van der Waals surface area (Å²) in [5.41, 5.74) is -1.15. The van der Waals surface area contributed by atoms with Gasteiger partial charge in [-0.2, -0.15) is 0 Å². The first-order valence-corrected chi connectivity index (χ1v) is 11.4. The lowest BCUT2D eigenvalue weighted by molar-refractivity contribution is -0.0465. The van der Waals surface area contributed by atoms with Crippen LogP contribution in [0.5, 0.6) is 0 Å². The molecular weight excluding hydrogens is 370 g/mol. The Hall–Kier alpha value is -2.15. The maximum Gasteiger partial charge on any atom is 0.407 e. The number of alkyl carbamates (subject to hydrolysis) is 1. The molecule has 5 nitrogen and oxygen atoms in total. The van der Waals surface area contributed by atoms with E-state index in [1.165, 1.54) is 7.05 Å². The molecule has 0 bridgehead atoms. The molecule has 2 rings (SSSR count). The van der Waals surface area contributed by atoms with Gasteiger partial charge in [-0.3, -0.25) is 0 Å². The van der Waals surface area contributed by atoms with Gasteiger partial charge in [-0.15, -0.1) is 0 Å². The Labute approximate surface area is 168 Å². The van der Waals surface area contributed by atoms with Crippen molar-refractivity contribution in [1.29, 1.82) is 0 Å². The molecule has 28 heavy (non-hydrogen) atoms. The lowest BCUT2D eigenvalue weighted by Gasteiger charge is -2.44. The minimum atomic E-state index is -2.76. The van der Waals surface area contributed by atoms with Crippen molar-refractivity contribution in [3.05, 3.63) is 60.7 Å². The molecule has 0 saturated carbocycles. The van der Waals surface area contributed by atoms with E-state index in [4.69, 9.17) is 9.16 Å². The third-order valence-electron chi connectivity index (χ3n) is 4.89. The normalized spacial score (nSPS) is 14.2. The average Bonchev–Trinajstić information content (AvgIpc) is 2.69. The number of ether oxygens (including phenoxy) is 1. The fourth-order valence-corrected chi connectivity index (χ4v) is 8.08. The van der Waals surface area contributed by atoms with Gasteiger partial charge in [-0.1, -0.05) is 81.4 Å². The summed E-state index contributed by atoms with van der Waals surface area (Å²) in [6.07, 6.45) is -0.595. The van der Waals surface area contributed by atoms with E-state index < -0.39 is 20.0 Å². The number of aliphatic hydroxyl groups excluding tert-OH is 1. The molecule has 0 spiro atoms. The van der Waals surface area contributed by atoms with Gasteiger partial charge in [0, 0.05) is 7.05 Å². The highest BCUT2D eigenvalue weighted by Gasteiger charge is 2.51. The van der Waals surface area contributed by atoms with Crippen LogP contribution in [0.3, 0.4) is 0 Å². The fourth-order valence-electron chi connectivity index (χ4n) is 3.40. The minimum absolute atomic E-state index is 0.0875. The topological polar surface area (TPSA) is 67.8 Å². The van der Waals surface area contributed by atoms with Crippen LogP contribution in [-0.4, -0.2) is 45.4 Å². The molecule has 2 aromatic rings. The molecule has 6 heteroatoms. The van der Waals surface area contributed by atoms with Crippen LogP contribution < -0.4 is 15.7 Å². The summed E-state index contributed by atoms with van der Waals surface area (Å²) in [6, 6.07) is 20.4. The number of benzene rings is 2. The van der Waals surface area contributed by atoms with Crippen molar-refractivity contribution in [1.82, 2.24) is 5.32 Å². The number of aliphatic hydroxyl groups is 1. The van der Waals surface area contributed by atoms with E-state index in [-0.39, 0.29) is 18.3 Å². The highest BCUT2D eigenvalue weighted by Crippen LogP contribution is 2.37. The highest BCUT2D eigenvalue weighted by atomic mass is 28.4. The van der Waals surface area contributed by atoms with Crippen LogP contribution in [-0.2, 0) is 9.16 Å². The van der Waals surface area contributed by atoms with E-state index in [1.54, 1.807) is 6.92 Å². The molecule has 1 atom stereocenters. The number of nitrogens with one attached hydrogen (secondary N) is 1. The van der Waals surface area contributed by atoms with Crippen molar-refractivity contribution >= 4 is 24.8 Å². The minimum Gasteiger partial charge on any atom is -0.438 e. The van der Waals surface area contributed by atoms with Gasteiger partial charge < -0.3 is 19.6 Å². The Morgan fingerprint density at radius 1 is 0.964 bits per heavy atom. The van der Waals surface area contributed by atoms with Crippen molar-refractivity contribution in [3.63, 3.8) is 0 Å². The van der Waals surface area contributed by atoms with Gasteiger partial charge in [0.2, 0.25) is 0 Å². The van der Waals surface area contributed by atoms with E-state index >= 15 is 0 Å². The molecular formula is C22H31NO4Si. The van der Waals surface area contributed by atoms with E-state index in [0.29, 0.717) is 0 Å². The van der Waals surface area contributed by atoms with Crippen LogP contribution in [0.15, 0.2) is 60.7 Å². The molecule has 0 aliphatic rings. The number of carbonyl (C=O) groups is 1. The molecule has 0 radical (unpaired) electrons. The molecule has 2 N–H and O–H groups in total. The number of hydrogen-bond acceptors (Lipinski definition) is 4. The zero-order valence-corrected chi connectivity index (χ0v) is 18.4. The van der Waals surface area contributed by atoms with Crippen LogP contribution in [0.2, 0.25) is 5.04 Å². The van der Waals surface area contributed by atoms with Gasteiger partial charge >= 0.3 is 6.09 Å². The third kappa shape index (κ3) is 4.63. The predicted octanol–water partition coefficient (Wildman–Crippen LogP) is 2.67. The van der Waals surface area contributed by atoms with Crippen molar-refractivity contribution in [2.24, 2.45) is 0 Å². The summed E-state index contributed by atoms with van der Waals surface area (Å²) < 4.78 is 12.2. The van der Waals surface area contributed by atoms with Gasteiger partial charge in [-0.05, 0) is 22.3 Å². The second-order valence-electron chi connectivity index (χ2n) is 8.20. The van der Waals surface area contributed by atoms with Gasteiger partial charge in [0.05, 0.1) is 13.2 Å². The Kier molecular flexibility index (Phi) is 7.04. The maximum absolute atomic E-state index is 11.8. The Bertz CT molecular complexity index is 722. The maximum atomic E-state index is 11.8. The summed E-state index contributed by atoms with van der Waals surface area (Å²) in [5, 5.41) is 14.4. The summed E-state index contributed by atoms with van der Waals surface area (Å²) >= 11 is 0. The Morgan fingerprint density at radius 3 is 1.79 bits per heavy atom. The Balaban J connectivity index is 2.54. The second kappa shape index (κ2) is 8.90. The largest absolute Gasteiger partial charge is 0.438 e. The van der Waals surface area contributed by atoms with Crippen LogP contribution in [0.1, 0.15) is 27.7 Å². The predicted molar refractivity (Wildman–Crippen MR) is 115 cm³/mol. The number of hydrogen-bond donors (Lipinski definition) is 2. The number of carbonyl (C=O) groups excluding carboxylic acids is 1. The second-order valence-corrected chi connectivity index (χ2v) is 12.5. The first-order chi connectivity index (χ1) is 13.2. The standard InChI is InChI=1S/C22H31NO4Si/c1-21(2,3)28(18-12-8-6-9-13-18,19-14-10-7-11-15-19)26-17-22(4,16-24)27-20(25)23-5/h6-15,24H,16-17H2,1-5H3,(H,23,25)/t22-/m1/s1. The summed E-state index contributed by atoms with van der Waals surface area (Å²) in [5.74, 6) is 0. The first-order valence-electron chi connectivity index (χ1n) is 9.45. The third-order valence-corrected chi connectivity index (χ3v) is 9.87. The summed E-state index contributed by atoms with van der Waals surface area (Å²) in [4.78, 5) is 11.8.